The molecule has 126 valence electrons. The average molecular weight is 507 g/mol. The van der Waals surface area contributed by atoms with E-state index in [4.69, 9.17) is 0 Å². The van der Waals surface area contributed by atoms with Crippen LogP contribution >= 0.6 is 38.5 Å². The van der Waals surface area contributed by atoms with Crippen LogP contribution in [0, 0.1) is 3.57 Å². The van der Waals surface area contributed by atoms with Crippen LogP contribution in [0.2, 0.25) is 0 Å². The van der Waals surface area contributed by atoms with Crippen LogP contribution in [0.4, 0.5) is 5.69 Å². The van der Waals surface area contributed by atoms with Crippen molar-refractivity contribution >= 4 is 50.4 Å². The summed E-state index contributed by atoms with van der Waals surface area (Å²) in [5.74, 6) is 0.236. The maximum atomic E-state index is 10.3. The molecule has 0 unspecified atom stereocenters. The van der Waals surface area contributed by atoms with Crippen LogP contribution in [0.5, 0.6) is 5.75 Å². The molecule has 0 saturated carbocycles. The Bertz CT molecular complexity index is 870. The first-order valence-electron chi connectivity index (χ1n) is 7.72. The van der Waals surface area contributed by atoms with Crippen LogP contribution in [-0.2, 0) is 6.54 Å². The molecule has 1 N–H and O–H groups in total. The number of nitrogens with zero attached hydrogens (tertiary/aromatic N) is 2. The normalized spacial score (nSPS) is 11.0. The minimum absolute atomic E-state index is 0.236. The summed E-state index contributed by atoms with van der Waals surface area (Å²) in [4.78, 5) is 0. The number of hydrogen-bond donors (Lipinski definition) is 1. The molecule has 3 aromatic rings. The van der Waals surface area contributed by atoms with E-state index in [1.807, 2.05) is 65.7 Å². The van der Waals surface area contributed by atoms with Crippen LogP contribution in [0.3, 0.4) is 0 Å². The third-order valence-electron chi connectivity index (χ3n) is 3.62. The molecule has 0 aromatic heterocycles. The van der Waals surface area contributed by atoms with Gasteiger partial charge in [0.05, 0.1) is 22.0 Å². The molecule has 25 heavy (non-hydrogen) atoms. The molecular formula is C20H16BrIN2O. The van der Waals surface area contributed by atoms with Gasteiger partial charge >= 0.3 is 0 Å². The van der Waals surface area contributed by atoms with E-state index in [-0.39, 0.29) is 5.75 Å². The molecule has 0 aliphatic carbocycles. The van der Waals surface area contributed by atoms with Gasteiger partial charge in [-0.15, -0.1) is 0 Å². The zero-order chi connectivity index (χ0) is 17.6. The number of anilines is 1. The Morgan fingerprint density at radius 3 is 2.32 bits per heavy atom. The number of rotatable bonds is 5. The lowest BCUT2D eigenvalue weighted by atomic mass is 10.2. The predicted octanol–water partition coefficient (Wildman–Crippen LogP) is 5.80. The molecule has 3 nitrogen and oxygen atoms in total. The van der Waals surface area contributed by atoms with E-state index in [1.54, 1.807) is 6.21 Å². The fourth-order valence-electron chi connectivity index (χ4n) is 2.37. The second kappa shape index (κ2) is 8.49. The van der Waals surface area contributed by atoms with Crippen LogP contribution < -0.4 is 5.01 Å². The minimum atomic E-state index is 0.236. The lowest BCUT2D eigenvalue weighted by Gasteiger charge is -2.19. The summed E-state index contributed by atoms with van der Waals surface area (Å²) < 4.78 is 1.69. The van der Waals surface area contributed by atoms with Crippen molar-refractivity contribution in [3.63, 3.8) is 0 Å². The first-order valence-corrected chi connectivity index (χ1v) is 9.59. The Morgan fingerprint density at radius 1 is 1.00 bits per heavy atom. The number of phenolic OH excluding ortho intramolecular Hbond substituents is 1. The van der Waals surface area contributed by atoms with E-state index in [0.29, 0.717) is 12.1 Å². The van der Waals surface area contributed by atoms with Gasteiger partial charge in [-0.25, -0.2) is 0 Å². The molecule has 0 amide bonds. The van der Waals surface area contributed by atoms with Crippen molar-refractivity contribution in [3.8, 4) is 5.75 Å². The highest BCUT2D eigenvalue weighted by Gasteiger charge is 2.08. The summed E-state index contributed by atoms with van der Waals surface area (Å²) in [5.41, 5.74) is 2.83. The summed E-state index contributed by atoms with van der Waals surface area (Å²) in [6.45, 7) is 0.646. The third kappa shape index (κ3) is 4.83. The molecule has 0 heterocycles. The number of benzene rings is 3. The second-order valence-electron chi connectivity index (χ2n) is 5.45. The summed E-state index contributed by atoms with van der Waals surface area (Å²) in [6, 6.07) is 23.9. The number of hydrazone groups is 1. The molecule has 0 atom stereocenters. The highest BCUT2D eigenvalue weighted by Crippen LogP contribution is 2.28. The van der Waals surface area contributed by atoms with Gasteiger partial charge in [-0.2, -0.15) is 5.10 Å². The number of halogens is 2. The second-order valence-corrected chi connectivity index (χ2v) is 7.53. The van der Waals surface area contributed by atoms with Gasteiger partial charge in [0.25, 0.3) is 0 Å². The SMILES string of the molecule is Oc1c(I)cc(Br)cc1C=NN(Cc1ccccc1)c1ccccc1. The smallest absolute Gasteiger partial charge is 0.137 e. The molecule has 0 fully saturated rings. The molecular weight excluding hydrogens is 491 g/mol. The van der Waals surface area contributed by atoms with Gasteiger partial charge in [0.1, 0.15) is 5.75 Å². The van der Waals surface area contributed by atoms with Gasteiger partial charge in [-0.3, -0.25) is 5.01 Å². The monoisotopic (exact) mass is 506 g/mol. The van der Waals surface area contributed by atoms with Gasteiger partial charge in [0, 0.05) is 10.0 Å². The Hall–Kier alpha value is -1.86. The average Bonchev–Trinajstić information content (AvgIpc) is 2.64. The zero-order valence-corrected chi connectivity index (χ0v) is 17.1. The molecule has 5 heteroatoms. The molecule has 0 aliphatic rings. The summed E-state index contributed by atoms with van der Waals surface area (Å²) in [5, 5.41) is 16.8. The van der Waals surface area contributed by atoms with Crippen molar-refractivity contribution < 1.29 is 5.11 Å². The summed E-state index contributed by atoms with van der Waals surface area (Å²) >= 11 is 5.57. The first kappa shape index (κ1) is 17.9. The zero-order valence-electron chi connectivity index (χ0n) is 13.3. The van der Waals surface area contributed by atoms with Crippen LogP contribution in [0.15, 0.2) is 82.4 Å². The number of hydrogen-bond acceptors (Lipinski definition) is 3. The van der Waals surface area contributed by atoms with E-state index in [9.17, 15) is 5.11 Å². The largest absolute Gasteiger partial charge is 0.506 e. The predicted molar refractivity (Wildman–Crippen MR) is 115 cm³/mol. The van der Waals surface area contributed by atoms with E-state index in [0.717, 1.165) is 19.3 Å². The van der Waals surface area contributed by atoms with E-state index in [1.165, 1.54) is 0 Å². The molecule has 0 aliphatic heterocycles. The fraction of sp³-hybridized carbons (Fsp3) is 0.0500. The Morgan fingerprint density at radius 2 is 1.64 bits per heavy atom. The van der Waals surface area contributed by atoms with E-state index in [2.05, 4.69) is 55.8 Å². The Labute approximate surface area is 169 Å². The van der Waals surface area contributed by atoms with Crippen molar-refractivity contribution in [1.82, 2.24) is 0 Å². The van der Waals surface area contributed by atoms with E-state index < -0.39 is 0 Å². The topological polar surface area (TPSA) is 35.8 Å². The van der Waals surface area contributed by atoms with Gasteiger partial charge in [0.2, 0.25) is 0 Å². The maximum Gasteiger partial charge on any atom is 0.137 e. The van der Waals surface area contributed by atoms with Gasteiger partial charge in [-0.1, -0.05) is 64.5 Å². The van der Waals surface area contributed by atoms with Crippen molar-refractivity contribution in [1.29, 1.82) is 0 Å². The quantitative estimate of drug-likeness (QED) is 0.269. The van der Waals surface area contributed by atoms with Crippen LogP contribution in [-0.4, -0.2) is 11.3 Å². The van der Waals surface area contributed by atoms with Gasteiger partial charge in [0.15, 0.2) is 0 Å². The highest BCUT2D eigenvalue weighted by molar-refractivity contribution is 14.1. The third-order valence-corrected chi connectivity index (χ3v) is 4.90. The van der Waals surface area contributed by atoms with Gasteiger partial charge in [-0.05, 0) is 52.4 Å². The van der Waals surface area contributed by atoms with Crippen molar-refractivity contribution in [2.75, 3.05) is 5.01 Å². The Balaban J connectivity index is 1.92. The van der Waals surface area contributed by atoms with E-state index >= 15 is 0 Å². The first-order chi connectivity index (χ1) is 12.1. The molecule has 0 bridgehead atoms. The van der Waals surface area contributed by atoms with Gasteiger partial charge < -0.3 is 5.11 Å². The fourth-order valence-corrected chi connectivity index (χ4v) is 3.92. The lowest BCUT2D eigenvalue weighted by Crippen LogP contribution is -2.16. The number of aromatic hydroxyl groups is 1. The molecule has 3 aromatic carbocycles. The summed E-state index contributed by atoms with van der Waals surface area (Å²) in [6.07, 6.45) is 1.69. The Kier molecular flexibility index (Phi) is 6.09. The van der Waals surface area contributed by atoms with Crippen molar-refractivity contribution in [2.24, 2.45) is 5.10 Å². The molecule has 0 spiro atoms. The number of phenols is 1. The molecule has 0 saturated heterocycles. The maximum absolute atomic E-state index is 10.3. The standard InChI is InChI=1S/C20H16BrIN2O/c21-17-11-16(20(25)19(22)12-17)13-23-24(18-9-5-2-6-10-18)14-15-7-3-1-4-8-15/h1-13,25H,14H2. The lowest BCUT2D eigenvalue weighted by molar-refractivity contribution is 0.470. The van der Waals surface area contributed by atoms with Crippen molar-refractivity contribution in [2.45, 2.75) is 6.54 Å². The minimum Gasteiger partial charge on any atom is -0.506 e. The number of para-hydroxylation sites is 1. The van der Waals surface area contributed by atoms with Crippen LogP contribution in [0.25, 0.3) is 0 Å². The molecule has 0 radical (unpaired) electrons. The van der Waals surface area contributed by atoms with Crippen LogP contribution in [0.1, 0.15) is 11.1 Å². The summed E-state index contributed by atoms with van der Waals surface area (Å²) in [7, 11) is 0. The highest BCUT2D eigenvalue weighted by atomic mass is 127. The van der Waals surface area contributed by atoms with Crippen molar-refractivity contribution in [3.05, 3.63) is 92.0 Å². The molecule has 3 rings (SSSR count).